The summed E-state index contributed by atoms with van der Waals surface area (Å²) in [4.78, 5) is 0. The third-order valence-corrected chi connectivity index (χ3v) is 4.62. The van der Waals surface area contributed by atoms with E-state index in [4.69, 9.17) is 47.6 Å². The Morgan fingerprint density at radius 2 is 1.35 bits per heavy atom. The Labute approximate surface area is 151 Å². The Bertz CT molecular complexity index is 432. The van der Waals surface area contributed by atoms with Crippen molar-refractivity contribution >= 4 is 0 Å². The van der Waals surface area contributed by atoms with E-state index in [0.29, 0.717) is 0 Å². The van der Waals surface area contributed by atoms with Crippen molar-refractivity contribution in [1.29, 1.82) is 0 Å². The van der Waals surface area contributed by atoms with Gasteiger partial charge in [0.1, 0.15) is 36.6 Å². The van der Waals surface area contributed by atoms with E-state index < -0.39 is 61.3 Å². The van der Waals surface area contributed by atoms with Gasteiger partial charge in [0.2, 0.25) is 0 Å². The monoisotopic (exact) mass is 381 g/mol. The lowest BCUT2D eigenvalue weighted by Gasteiger charge is -2.46. The highest BCUT2D eigenvalue weighted by atomic mass is 16.7. The molecule has 0 aromatic rings. The minimum atomic E-state index is -1.31. The van der Waals surface area contributed by atoms with E-state index in [0.717, 1.165) is 0 Å². The summed E-state index contributed by atoms with van der Waals surface area (Å²) in [5, 5.41) is 30.5. The second-order valence-electron chi connectivity index (χ2n) is 6.44. The summed E-state index contributed by atoms with van der Waals surface area (Å²) in [6.07, 6.45) is -8.41. The standard InChI is InChI=1S/C14H31N5O7/c15-1-2-23-13-8(19)11(22)12(6(4-17)25-13)26-14-7(18)10(21)9(20)5(3-16)24-14/h5-14,20-22H,1-4,15-19H2/t5-,6-,7-,8-,9-,10-,11-,12-,13-,14-/m1/s1. The van der Waals surface area contributed by atoms with E-state index in [1.807, 2.05) is 0 Å². The molecule has 0 radical (unpaired) electrons. The first kappa shape index (κ1) is 21.8. The van der Waals surface area contributed by atoms with Crippen LogP contribution in [0.3, 0.4) is 0 Å². The van der Waals surface area contributed by atoms with Crippen molar-refractivity contribution < 1.29 is 34.3 Å². The maximum Gasteiger partial charge on any atom is 0.176 e. The molecule has 2 fully saturated rings. The number of hydrogen-bond donors (Lipinski definition) is 8. The van der Waals surface area contributed by atoms with Crippen molar-refractivity contribution in [2.75, 3.05) is 26.2 Å². The maximum atomic E-state index is 10.5. The van der Waals surface area contributed by atoms with Gasteiger partial charge in [0.05, 0.1) is 18.7 Å². The summed E-state index contributed by atoms with van der Waals surface area (Å²) in [6, 6.07) is -1.99. The van der Waals surface area contributed by atoms with Crippen LogP contribution in [0, 0.1) is 0 Å². The summed E-state index contributed by atoms with van der Waals surface area (Å²) in [7, 11) is 0. The average molecular weight is 381 g/mol. The number of ether oxygens (including phenoxy) is 4. The summed E-state index contributed by atoms with van der Waals surface area (Å²) < 4.78 is 22.3. The van der Waals surface area contributed by atoms with Crippen LogP contribution < -0.4 is 28.7 Å². The van der Waals surface area contributed by atoms with Crippen LogP contribution in [0.25, 0.3) is 0 Å². The van der Waals surface area contributed by atoms with Crippen molar-refractivity contribution in [3.05, 3.63) is 0 Å². The molecule has 0 saturated carbocycles. The van der Waals surface area contributed by atoms with Crippen molar-refractivity contribution in [2.24, 2.45) is 28.7 Å². The van der Waals surface area contributed by atoms with E-state index in [1.165, 1.54) is 0 Å². The first-order valence-electron chi connectivity index (χ1n) is 8.59. The van der Waals surface area contributed by atoms with Gasteiger partial charge in [0.15, 0.2) is 12.6 Å². The van der Waals surface area contributed by atoms with Crippen LogP contribution >= 0.6 is 0 Å². The Hall–Kier alpha value is -0.480. The average Bonchev–Trinajstić information content (AvgIpc) is 2.64. The highest BCUT2D eigenvalue weighted by molar-refractivity contribution is 4.96. The fraction of sp³-hybridized carbons (Fsp3) is 1.00. The highest BCUT2D eigenvalue weighted by Crippen LogP contribution is 2.27. The fourth-order valence-electron chi connectivity index (χ4n) is 3.06. The summed E-state index contributed by atoms with van der Waals surface area (Å²) in [5.41, 5.74) is 28.5. The molecule has 12 heteroatoms. The van der Waals surface area contributed by atoms with E-state index in [1.54, 1.807) is 0 Å². The van der Waals surface area contributed by atoms with Crippen molar-refractivity contribution in [2.45, 2.75) is 61.3 Å². The molecular formula is C14H31N5O7. The number of nitrogens with two attached hydrogens (primary N) is 5. The largest absolute Gasteiger partial charge is 0.388 e. The Morgan fingerprint density at radius 3 is 1.92 bits per heavy atom. The van der Waals surface area contributed by atoms with Crippen LogP contribution in [0.4, 0.5) is 0 Å². The van der Waals surface area contributed by atoms with E-state index in [9.17, 15) is 15.3 Å². The molecule has 154 valence electrons. The number of aliphatic hydroxyl groups excluding tert-OH is 3. The molecule has 2 saturated heterocycles. The first-order chi connectivity index (χ1) is 12.3. The Morgan fingerprint density at radius 1 is 0.769 bits per heavy atom. The molecule has 12 nitrogen and oxygen atoms in total. The van der Waals surface area contributed by atoms with E-state index >= 15 is 0 Å². The minimum Gasteiger partial charge on any atom is -0.388 e. The number of rotatable bonds is 7. The molecular weight excluding hydrogens is 350 g/mol. The Kier molecular flexibility index (Phi) is 8.08. The zero-order chi connectivity index (χ0) is 19.4. The molecule has 26 heavy (non-hydrogen) atoms. The lowest BCUT2D eigenvalue weighted by Crippen LogP contribution is -2.68. The smallest absolute Gasteiger partial charge is 0.176 e. The molecule has 10 atom stereocenters. The third-order valence-electron chi connectivity index (χ3n) is 4.62. The molecule has 0 unspecified atom stereocenters. The SMILES string of the molecule is NCCO[C@@H]1O[C@H](CN)[C@@H](O[C@H]2O[C@H](CN)[C@@H](O)[C@H](O)[C@H]2N)[C@H](O)[C@H]1N. The second-order valence-corrected chi connectivity index (χ2v) is 6.44. The van der Waals surface area contributed by atoms with Gasteiger partial charge in [0, 0.05) is 19.6 Å². The molecule has 13 N–H and O–H groups in total. The molecule has 2 heterocycles. The fourth-order valence-corrected chi connectivity index (χ4v) is 3.06. The molecule has 2 aliphatic rings. The molecule has 0 aliphatic carbocycles. The topological polar surface area (TPSA) is 228 Å². The van der Waals surface area contributed by atoms with E-state index in [2.05, 4.69) is 0 Å². The zero-order valence-electron chi connectivity index (χ0n) is 14.5. The lowest BCUT2D eigenvalue weighted by molar-refractivity contribution is -0.321. The van der Waals surface area contributed by atoms with Crippen LogP contribution in [-0.2, 0) is 18.9 Å². The van der Waals surface area contributed by atoms with Gasteiger partial charge in [0.25, 0.3) is 0 Å². The second kappa shape index (κ2) is 9.64. The normalized spacial score (nSPS) is 47.1. The van der Waals surface area contributed by atoms with Crippen LogP contribution in [0.15, 0.2) is 0 Å². The van der Waals surface area contributed by atoms with Gasteiger partial charge >= 0.3 is 0 Å². The van der Waals surface area contributed by atoms with Gasteiger partial charge in [-0.25, -0.2) is 0 Å². The third kappa shape index (κ3) is 4.49. The summed E-state index contributed by atoms with van der Waals surface area (Å²) >= 11 is 0. The first-order valence-corrected chi connectivity index (χ1v) is 8.59. The zero-order valence-corrected chi connectivity index (χ0v) is 14.5. The van der Waals surface area contributed by atoms with Crippen molar-refractivity contribution in [3.8, 4) is 0 Å². The quantitative estimate of drug-likeness (QED) is 0.206. The van der Waals surface area contributed by atoms with Gasteiger partial charge in [-0.1, -0.05) is 0 Å². The molecule has 0 bridgehead atoms. The van der Waals surface area contributed by atoms with Gasteiger partial charge in [-0.05, 0) is 0 Å². The van der Waals surface area contributed by atoms with Crippen molar-refractivity contribution in [3.63, 3.8) is 0 Å². The number of aliphatic hydroxyl groups is 3. The maximum absolute atomic E-state index is 10.5. The Balaban J connectivity index is 2.09. The van der Waals surface area contributed by atoms with E-state index in [-0.39, 0.29) is 26.2 Å². The van der Waals surface area contributed by atoms with Gasteiger partial charge in [-0.2, -0.15) is 0 Å². The van der Waals surface area contributed by atoms with Crippen LogP contribution in [0.1, 0.15) is 0 Å². The lowest BCUT2D eigenvalue weighted by atomic mass is 9.95. The molecule has 2 aliphatic heterocycles. The molecule has 0 aromatic carbocycles. The van der Waals surface area contributed by atoms with Crippen LogP contribution in [0.2, 0.25) is 0 Å². The number of hydrogen-bond acceptors (Lipinski definition) is 12. The predicted molar refractivity (Wildman–Crippen MR) is 89.3 cm³/mol. The predicted octanol–water partition coefficient (Wildman–Crippen LogP) is -5.55. The highest BCUT2D eigenvalue weighted by Gasteiger charge is 2.49. The summed E-state index contributed by atoms with van der Waals surface area (Å²) in [5.74, 6) is 0. The van der Waals surface area contributed by atoms with Crippen LogP contribution in [-0.4, -0.2) is 103 Å². The van der Waals surface area contributed by atoms with Gasteiger partial charge in [-0.15, -0.1) is 0 Å². The molecule has 0 spiro atoms. The van der Waals surface area contributed by atoms with Crippen LogP contribution in [0.5, 0.6) is 0 Å². The molecule has 0 amide bonds. The van der Waals surface area contributed by atoms with Gasteiger partial charge in [-0.3, -0.25) is 0 Å². The molecule has 0 aromatic heterocycles. The molecule has 2 rings (SSSR count). The minimum absolute atomic E-state index is 0.00435. The summed E-state index contributed by atoms with van der Waals surface area (Å²) in [6.45, 7) is 0.419. The van der Waals surface area contributed by atoms with Crippen molar-refractivity contribution in [1.82, 2.24) is 0 Å². The van der Waals surface area contributed by atoms with Gasteiger partial charge < -0.3 is 62.9 Å².